The number of hydrogen-bond acceptors (Lipinski definition) is 4. The minimum Gasteiger partial charge on any atom is -0.497 e. The number of benzene rings is 1. The molecule has 0 aromatic heterocycles. The molecule has 0 bridgehead atoms. The average molecular weight is 267 g/mol. The molecule has 2 N–H and O–H groups in total. The minimum atomic E-state index is -0.922. The normalized spacial score (nSPS) is 16.1. The van der Waals surface area contributed by atoms with Crippen LogP contribution in [-0.2, 0) is 0 Å². The van der Waals surface area contributed by atoms with Crippen molar-refractivity contribution in [1.82, 2.24) is 0 Å². The molecule has 5 heteroatoms. The third-order valence-electron chi connectivity index (χ3n) is 3.30. The van der Waals surface area contributed by atoms with Crippen LogP contribution in [0.15, 0.2) is 18.2 Å². The van der Waals surface area contributed by atoms with E-state index >= 15 is 0 Å². The smallest absolute Gasteiger partial charge is 0.337 e. The zero-order valence-electron chi connectivity index (χ0n) is 10.5. The van der Waals surface area contributed by atoms with Gasteiger partial charge in [0.15, 0.2) is 0 Å². The van der Waals surface area contributed by atoms with Crippen LogP contribution in [-0.4, -0.2) is 35.7 Å². The Bertz CT molecular complexity index is 458. The monoisotopic (exact) mass is 267 g/mol. The van der Waals surface area contributed by atoms with E-state index in [-0.39, 0.29) is 5.56 Å². The molecule has 1 aliphatic carbocycles. The van der Waals surface area contributed by atoms with E-state index in [0.717, 1.165) is 6.54 Å². The van der Waals surface area contributed by atoms with E-state index in [1.54, 1.807) is 25.3 Å². The van der Waals surface area contributed by atoms with Gasteiger partial charge >= 0.3 is 5.97 Å². The Morgan fingerprint density at radius 1 is 1.56 bits per heavy atom. The predicted molar refractivity (Wildman–Crippen MR) is 73.9 cm³/mol. The van der Waals surface area contributed by atoms with Crippen LogP contribution in [0.3, 0.4) is 0 Å². The van der Waals surface area contributed by atoms with Crippen LogP contribution in [0.5, 0.6) is 5.75 Å². The number of thioether (sulfide) groups is 1. The summed E-state index contributed by atoms with van der Waals surface area (Å²) in [6.45, 7) is 0.793. The van der Waals surface area contributed by atoms with Crippen LogP contribution >= 0.6 is 11.8 Å². The average Bonchev–Trinajstić information content (AvgIpc) is 3.16. The number of aromatic carboxylic acids is 1. The van der Waals surface area contributed by atoms with E-state index in [2.05, 4.69) is 11.6 Å². The summed E-state index contributed by atoms with van der Waals surface area (Å²) in [5.41, 5.74) is 0.912. The molecule has 0 radical (unpaired) electrons. The van der Waals surface area contributed by atoms with Gasteiger partial charge in [0.05, 0.1) is 18.4 Å². The molecule has 1 aromatic rings. The lowest BCUT2D eigenvalue weighted by molar-refractivity contribution is 0.0698. The van der Waals surface area contributed by atoms with Gasteiger partial charge in [-0.1, -0.05) is 0 Å². The fourth-order valence-electron chi connectivity index (χ4n) is 1.83. The van der Waals surface area contributed by atoms with Crippen LogP contribution in [0.1, 0.15) is 23.2 Å². The van der Waals surface area contributed by atoms with Gasteiger partial charge in [0.25, 0.3) is 0 Å². The van der Waals surface area contributed by atoms with Gasteiger partial charge in [0, 0.05) is 17.4 Å². The lowest BCUT2D eigenvalue weighted by atomic mass is 10.1. The van der Waals surface area contributed by atoms with Crippen molar-refractivity contribution in [2.75, 3.05) is 25.2 Å². The van der Waals surface area contributed by atoms with Crippen LogP contribution < -0.4 is 10.1 Å². The maximum absolute atomic E-state index is 11.1. The minimum absolute atomic E-state index is 0.285. The van der Waals surface area contributed by atoms with Crippen LogP contribution in [0.25, 0.3) is 0 Å². The summed E-state index contributed by atoms with van der Waals surface area (Å²) in [7, 11) is 1.57. The number of methoxy groups -OCH3 is 1. The van der Waals surface area contributed by atoms with Crippen molar-refractivity contribution in [3.8, 4) is 5.75 Å². The first-order chi connectivity index (χ1) is 8.60. The van der Waals surface area contributed by atoms with Gasteiger partial charge in [-0.2, -0.15) is 11.8 Å². The molecule has 1 saturated carbocycles. The van der Waals surface area contributed by atoms with Gasteiger partial charge in [0.1, 0.15) is 5.75 Å². The highest BCUT2D eigenvalue weighted by Gasteiger charge is 2.41. The molecule has 0 aliphatic heterocycles. The number of anilines is 1. The van der Waals surface area contributed by atoms with Gasteiger partial charge in [-0.15, -0.1) is 0 Å². The fourth-order valence-corrected chi connectivity index (χ4v) is 2.56. The third kappa shape index (κ3) is 2.72. The van der Waals surface area contributed by atoms with Crippen LogP contribution in [0, 0.1) is 0 Å². The number of hydrogen-bond donors (Lipinski definition) is 2. The number of carbonyl (C=O) groups is 1. The van der Waals surface area contributed by atoms with E-state index in [0.29, 0.717) is 16.2 Å². The zero-order chi connectivity index (χ0) is 13.2. The molecule has 0 atom stereocenters. The molecule has 0 saturated heterocycles. The Hall–Kier alpha value is -1.36. The molecule has 0 amide bonds. The fraction of sp³-hybridized carbons (Fsp3) is 0.462. The largest absolute Gasteiger partial charge is 0.497 e. The number of carboxylic acids is 1. The second-order valence-electron chi connectivity index (χ2n) is 4.46. The van der Waals surface area contributed by atoms with Gasteiger partial charge in [-0.3, -0.25) is 0 Å². The second kappa shape index (κ2) is 5.10. The second-order valence-corrected chi connectivity index (χ2v) is 5.73. The van der Waals surface area contributed by atoms with Crippen LogP contribution in [0.4, 0.5) is 5.69 Å². The summed E-state index contributed by atoms with van der Waals surface area (Å²) in [5, 5.41) is 12.4. The van der Waals surface area contributed by atoms with Gasteiger partial charge in [-0.25, -0.2) is 4.79 Å². The molecule has 0 unspecified atom stereocenters. The molecule has 0 heterocycles. The standard InChI is InChI=1S/C13H17NO3S/c1-17-9-3-4-10(12(15)16)11(7-9)14-8-13(18-2)5-6-13/h3-4,7,14H,5-6,8H2,1-2H3,(H,15,16). The van der Waals surface area contributed by atoms with Crippen molar-refractivity contribution in [2.24, 2.45) is 0 Å². The molecule has 2 rings (SSSR count). The first-order valence-electron chi connectivity index (χ1n) is 5.80. The molecule has 1 aromatic carbocycles. The Morgan fingerprint density at radius 2 is 2.28 bits per heavy atom. The van der Waals surface area contributed by atoms with E-state index in [1.165, 1.54) is 12.8 Å². The van der Waals surface area contributed by atoms with E-state index in [1.807, 2.05) is 11.8 Å². The summed E-state index contributed by atoms with van der Waals surface area (Å²) in [6, 6.07) is 4.97. The Labute approximate surface area is 111 Å². The van der Waals surface area contributed by atoms with E-state index in [9.17, 15) is 4.79 Å². The highest BCUT2D eigenvalue weighted by Crippen LogP contribution is 2.47. The van der Waals surface area contributed by atoms with Gasteiger partial charge in [0.2, 0.25) is 0 Å². The molecule has 0 spiro atoms. The highest BCUT2D eigenvalue weighted by atomic mass is 32.2. The quantitative estimate of drug-likeness (QED) is 0.830. The first-order valence-corrected chi connectivity index (χ1v) is 7.03. The molecule has 98 valence electrons. The Morgan fingerprint density at radius 3 is 2.78 bits per heavy atom. The summed E-state index contributed by atoms with van der Waals surface area (Å²) in [5.74, 6) is -0.259. The maximum Gasteiger partial charge on any atom is 0.337 e. The van der Waals surface area contributed by atoms with Crippen molar-refractivity contribution < 1.29 is 14.6 Å². The topological polar surface area (TPSA) is 58.6 Å². The van der Waals surface area contributed by atoms with Crippen LogP contribution in [0.2, 0.25) is 0 Å². The van der Waals surface area contributed by atoms with Crippen molar-refractivity contribution in [1.29, 1.82) is 0 Å². The predicted octanol–water partition coefficient (Wildman–Crippen LogP) is 2.70. The molecule has 18 heavy (non-hydrogen) atoms. The van der Waals surface area contributed by atoms with E-state index < -0.39 is 5.97 Å². The molecular weight excluding hydrogens is 250 g/mol. The lowest BCUT2D eigenvalue weighted by Crippen LogP contribution is -2.19. The lowest BCUT2D eigenvalue weighted by Gasteiger charge is -2.16. The maximum atomic E-state index is 11.1. The summed E-state index contributed by atoms with van der Waals surface area (Å²) in [4.78, 5) is 11.1. The van der Waals surface area contributed by atoms with Gasteiger partial charge in [-0.05, 0) is 31.2 Å². The van der Waals surface area contributed by atoms with E-state index in [4.69, 9.17) is 9.84 Å². The molecular formula is C13H17NO3S. The number of rotatable bonds is 6. The summed E-state index contributed by atoms with van der Waals surface area (Å²) >= 11 is 1.84. The highest BCUT2D eigenvalue weighted by molar-refractivity contribution is 8.00. The van der Waals surface area contributed by atoms with Crippen molar-refractivity contribution >= 4 is 23.4 Å². The molecule has 1 aliphatic rings. The van der Waals surface area contributed by atoms with Crippen molar-refractivity contribution in [2.45, 2.75) is 17.6 Å². The van der Waals surface area contributed by atoms with Crippen molar-refractivity contribution in [3.63, 3.8) is 0 Å². The molecule has 1 fully saturated rings. The number of carboxylic acid groups (broad SMARTS) is 1. The zero-order valence-corrected chi connectivity index (χ0v) is 11.3. The van der Waals surface area contributed by atoms with Gasteiger partial charge < -0.3 is 15.2 Å². The Kier molecular flexibility index (Phi) is 3.71. The molecule has 4 nitrogen and oxygen atoms in total. The number of ether oxygens (including phenoxy) is 1. The summed E-state index contributed by atoms with van der Waals surface area (Å²) < 4.78 is 5.42. The first kappa shape index (κ1) is 13.1. The SMILES string of the molecule is COc1ccc(C(=O)O)c(NCC2(SC)CC2)c1. The summed E-state index contributed by atoms with van der Waals surface area (Å²) in [6.07, 6.45) is 4.47. The number of nitrogens with one attached hydrogen (secondary N) is 1. The van der Waals surface area contributed by atoms with Crippen molar-refractivity contribution in [3.05, 3.63) is 23.8 Å². The third-order valence-corrected chi connectivity index (χ3v) is 4.72. The Balaban J connectivity index is 2.16.